The zero-order valence-electron chi connectivity index (χ0n) is 9.75. The molecule has 0 aliphatic heterocycles. The summed E-state index contributed by atoms with van der Waals surface area (Å²) in [7, 11) is 0. The van der Waals surface area contributed by atoms with Crippen LogP contribution >= 0.6 is 0 Å². The van der Waals surface area contributed by atoms with E-state index in [1.807, 2.05) is 0 Å². The average molecular weight is 269 g/mol. The molecule has 2 aromatic rings. The number of halogens is 3. The van der Waals surface area contributed by atoms with Crippen molar-refractivity contribution in [1.82, 2.24) is 5.32 Å². The molecule has 100 valence electrons. The molecular formula is C13H10F3NO2. The Labute approximate surface area is 107 Å². The van der Waals surface area contributed by atoms with Gasteiger partial charge in [0.25, 0.3) is 0 Å². The Morgan fingerprint density at radius 3 is 2.63 bits per heavy atom. The molecule has 6 heteroatoms. The van der Waals surface area contributed by atoms with Gasteiger partial charge in [0.1, 0.15) is 5.76 Å². The van der Waals surface area contributed by atoms with Crippen molar-refractivity contribution in [2.75, 3.05) is 0 Å². The average Bonchev–Trinajstić information content (AvgIpc) is 2.90. The molecule has 0 aliphatic rings. The number of furan rings is 1. The molecule has 1 aromatic carbocycles. The number of carbonyl (C=O) groups excluding carboxylic acids is 1. The summed E-state index contributed by atoms with van der Waals surface area (Å²) in [6.45, 7) is 0.150. The lowest BCUT2D eigenvalue weighted by Gasteiger charge is -2.05. The molecule has 0 spiro atoms. The highest BCUT2D eigenvalue weighted by Crippen LogP contribution is 2.15. The first kappa shape index (κ1) is 13.2. The number of nitrogens with one attached hydrogen (secondary N) is 1. The van der Waals surface area contributed by atoms with Crippen LogP contribution in [0.5, 0.6) is 0 Å². The molecule has 0 unspecified atom stereocenters. The molecule has 1 aromatic heterocycles. The van der Waals surface area contributed by atoms with E-state index in [2.05, 4.69) is 5.32 Å². The number of benzene rings is 1. The zero-order valence-corrected chi connectivity index (χ0v) is 9.75. The van der Waals surface area contributed by atoms with Crippen molar-refractivity contribution in [3.05, 3.63) is 59.3 Å². The molecule has 1 amide bonds. The second-order valence-electron chi connectivity index (χ2n) is 3.87. The van der Waals surface area contributed by atoms with Gasteiger partial charge in [-0.2, -0.15) is 0 Å². The Morgan fingerprint density at radius 2 is 1.95 bits per heavy atom. The molecule has 2 rings (SSSR count). The van der Waals surface area contributed by atoms with Gasteiger partial charge in [0, 0.05) is 5.56 Å². The molecule has 0 atom stereocenters. The van der Waals surface area contributed by atoms with Gasteiger partial charge < -0.3 is 9.73 Å². The Morgan fingerprint density at radius 1 is 1.16 bits per heavy atom. The summed E-state index contributed by atoms with van der Waals surface area (Å²) in [5.74, 6) is -4.16. The maximum Gasteiger partial charge on any atom is 0.224 e. The van der Waals surface area contributed by atoms with Gasteiger partial charge in [0.05, 0.1) is 19.2 Å². The molecule has 19 heavy (non-hydrogen) atoms. The van der Waals surface area contributed by atoms with E-state index in [1.165, 1.54) is 6.26 Å². The van der Waals surface area contributed by atoms with E-state index in [-0.39, 0.29) is 18.5 Å². The largest absolute Gasteiger partial charge is 0.467 e. The number of carbonyl (C=O) groups is 1. The van der Waals surface area contributed by atoms with Gasteiger partial charge >= 0.3 is 0 Å². The summed E-state index contributed by atoms with van der Waals surface area (Å²) >= 11 is 0. The topological polar surface area (TPSA) is 42.2 Å². The maximum atomic E-state index is 13.3. The smallest absolute Gasteiger partial charge is 0.224 e. The second-order valence-corrected chi connectivity index (χ2v) is 3.87. The van der Waals surface area contributed by atoms with Gasteiger partial charge in [-0.1, -0.05) is 6.07 Å². The van der Waals surface area contributed by atoms with Crippen molar-refractivity contribution in [2.24, 2.45) is 0 Å². The van der Waals surface area contributed by atoms with Gasteiger partial charge in [0.2, 0.25) is 5.91 Å². The van der Waals surface area contributed by atoms with Crippen molar-refractivity contribution in [3.8, 4) is 0 Å². The van der Waals surface area contributed by atoms with Crippen molar-refractivity contribution in [1.29, 1.82) is 0 Å². The second kappa shape index (κ2) is 5.60. The van der Waals surface area contributed by atoms with Crippen molar-refractivity contribution < 1.29 is 22.4 Å². The molecule has 0 aliphatic carbocycles. The number of hydrogen-bond acceptors (Lipinski definition) is 2. The van der Waals surface area contributed by atoms with E-state index in [9.17, 15) is 18.0 Å². The molecule has 0 saturated heterocycles. The highest BCUT2D eigenvalue weighted by molar-refractivity contribution is 5.78. The molecule has 0 bridgehead atoms. The van der Waals surface area contributed by atoms with Gasteiger partial charge in [0.15, 0.2) is 17.5 Å². The Bertz CT molecular complexity index is 582. The lowest BCUT2D eigenvalue weighted by atomic mass is 10.1. The fraction of sp³-hybridized carbons (Fsp3) is 0.154. The number of amides is 1. The first-order valence-corrected chi connectivity index (χ1v) is 5.49. The SMILES string of the molecule is O=C(Cc1ccc(F)c(F)c1F)NCc1ccco1. The Kier molecular flexibility index (Phi) is 3.89. The minimum absolute atomic E-state index is 0.150. The van der Waals surface area contributed by atoms with E-state index in [1.54, 1.807) is 12.1 Å². The summed E-state index contributed by atoms with van der Waals surface area (Å²) in [4.78, 5) is 11.5. The molecule has 3 nitrogen and oxygen atoms in total. The first-order chi connectivity index (χ1) is 9.08. The molecule has 0 saturated carbocycles. The van der Waals surface area contributed by atoms with Gasteiger partial charge in [-0.05, 0) is 18.2 Å². The third-order valence-electron chi connectivity index (χ3n) is 2.51. The van der Waals surface area contributed by atoms with Crippen LogP contribution in [-0.2, 0) is 17.8 Å². The Balaban J connectivity index is 1.97. The minimum Gasteiger partial charge on any atom is -0.467 e. The van der Waals surface area contributed by atoms with Crippen LogP contribution in [0.4, 0.5) is 13.2 Å². The predicted octanol–water partition coefficient (Wildman–Crippen LogP) is 2.56. The fourth-order valence-corrected chi connectivity index (χ4v) is 1.54. The van der Waals surface area contributed by atoms with Crippen LogP contribution in [0.15, 0.2) is 34.9 Å². The summed E-state index contributed by atoms with van der Waals surface area (Å²) in [6, 6.07) is 5.16. The lowest BCUT2D eigenvalue weighted by Crippen LogP contribution is -2.24. The highest BCUT2D eigenvalue weighted by atomic mass is 19.2. The van der Waals surface area contributed by atoms with Crippen LogP contribution in [0, 0.1) is 17.5 Å². The highest BCUT2D eigenvalue weighted by Gasteiger charge is 2.15. The normalized spacial score (nSPS) is 10.5. The summed E-state index contributed by atoms with van der Waals surface area (Å²) in [5.41, 5.74) is -0.198. The maximum absolute atomic E-state index is 13.3. The fourth-order valence-electron chi connectivity index (χ4n) is 1.54. The summed E-state index contributed by atoms with van der Waals surface area (Å²) in [5, 5.41) is 2.48. The zero-order chi connectivity index (χ0) is 13.8. The van der Waals surface area contributed by atoms with Crippen LogP contribution in [-0.4, -0.2) is 5.91 Å². The van der Waals surface area contributed by atoms with Gasteiger partial charge in [-0.25, -0.2) is 13.2 Å². The molecule has 0 radical (unpaired) electrons. The van der Waals surface area contributed by atoms with Crippen LogP contribution in [0.3, 0.4) is 0 Å². The first-order valence-electron chi connectivity index (χ1n) is 5.49. The summed E-state index contributed by atoms with van der Waals surface area (Å²) < 4.78 is 44.0. The monoisotopic (exact) mass is 269 g/mol. The molecule has 1 N–H and O–H groups in total. The minimum atomic E-state index is -1.57. The van der Waals surface area contributed by atoms with Crippen molar-refractivity contribution in [3.63, 3.8) is 0 Å². The van der Waals surface area contributed by atoms with Gasteiger partial charge in [-0.15, -0.1) is 0 Å². The van der Waals surface area contributed by atoms with Crippen LogP contribution in [0.2, 0.25) is 0 Å². The third kappa shape index (κ3) is 3.15. The molecular weight excluding hydrogens is 259 g/mol. The van der Waals surface area contributed by atoms with Crippen molar-refractivity contribution >= 4 is 5.91 Å². The third-order valence-corrected chi connectivity index (χ3v) is 2.51. The van der Waals surface area contributed by atoms with Crippen LogP contribution in [0.1, 0.15) is 11.3 Å². The number of hydrogen-bond donors (Lipinski definition) is 1. The predicted molar refractivity (Wildman–Crippen MR) is 60.6 cm³/mol. The van der Waals surface area contributed by atoms with Crippen molar-refractivity contribution in [2.45, 2.75) is 13.0 Å². The lowest BCUT2D eigenvalue weighted by molar-refractivity contribution is -0.120. The van der Waals surface area contributed by atoms with Crippen LogP contribution < -0.4 is 5.32 Å². The van der Waals surface area contributed by atoms with E-state index in [4.69, 9.17) is 4.42 Å². The number of rotatable bonds is 4. The summed E-state index contributed by atoms with van der Waals surface area (Å²) in [6.07, 6.45) is 1.08. The van der Waals surface area contributed by atoms with E-state index in [0.717, 1.165) is 12.1 Å². The van der Waals surface area contributed by atoms with E-state index in [0.29, 0.717) is 5.76 Å². The van der Waals surface area contributed by atoms with Crippen LogP contribution in [0.25, 0.3) is 0 Å². The molecule has 1 heterocycles. The Hall–Kier alpha value is -2.24. The van der Waals surface area contributed by atoms with E-state index < -0.39 is 23.4 Å². The van der Waals surface area contributed by atoms with E-state index >= 15 is 0 Å². The molecule has 0 fully saturated rings. The quantitative estimate of drug-likeness (QED) is 0.867. The van der Waals surface area contributed by atoms with Gasteiger partial charge in [-0.3, -0.25) is 4.79 Å². The standard InChI is InChI=1S/C13H10F3NO2/c14-10-4-3-8(12(15)13(10)16)6-11(18)17-7-9-2-1-5-19-9/h1-5H,6-7H2,(H,17,18).